The summed E-state index contributed by atoms with van der Waals surface area (Å²) >= 11 is 0. The quantitative estimate of drug-likeness (QED) is 0.168. The molecule has 11 heteroatoms. The number of benzene rings is 4. The highest BCUT2D eigenvalue weighted by molar-refractivity contribution is 5.97. The fourth-order valence-corrected chi connectivity index (χ4v) is 6.32. The van der Waals surface area contributed by atoms with Gasteiger partial charge in [-0.2, -0.15) is 5.10 Å². The zero-order valence-corrected chi connectivity index (χ0v) is 24.8. The summed E-state index contributed by atoms with van der Waals surface area (Å²) in [6, 6.07) is 24.2. The van der Waals surface area contributed by atoms with Gasteiger partial charge in [0, 0.05) is 36.4 Å². The fraction of sp³-hybridized carbons (Fsp3) is 0.143. The number of nitrogens with zero attached hydrogens (tertiary/aromatic N) is 3. The molecule has 46 heavy (non-hydrogen) atoms. The molecule has 1 N–H and O–H groups in total. The first-order valence-electron chi connectivity index (χ1n) is 14.7. The topological polar surface area (TPSA) is 136 Å². The minimum atomic E-state index is -0.560. The Balaban J connectivity index is 1.38. The third-order valence-electron chi connectivity index (χ3n) is 8.38. The molecule has 1 aliphatic heterocycles. The number of aromatic amines is 1. The Labute approximate surface area is 261 Å². The van der Waals surface area contributed by atoms with Gasteiger partial charge in [0.15, 0.2) is 11.5 Å². The Kier molecular flexibility index (Phi) is 6.27. The Morgan fingerprint density at radius 2 is 1.83 bits per heavy atom. The summed E-state index contributed by atoms with van der Waals surface area (Å²) < 4.78 is 25.3. The second-order valence-electron chi connectivity index (χ2n) is 11.3. The molecular formula is C35H26N4O7. The maximum Gasteiger partial charge on any atom is 0.435 e. The van der Waals surface area contributed by atoms with Crippen molar-refractivity contribution in [2.24, 2.45) is 0 Å². The van der Waals surface area contributed by atoms with Crippen molar-refractivity contribution < 1.29 is 33.3 Å². The lowest BCUT2D eigenvalue weighted by molar-refractivity contribution is -0.672. The first-order chi connectivity index (χ1) is 22.4. The number of rotatable bonds is 5. The summed E-state index contributed by atoms with van der Waals surface area (Å²) in [6.07, 6.45) is 2.11. The fourth-order valence-electron chi connectivity index (χ4n) is 6.32. The summed E-state index contributed by atoms with van der Waals surface area (Å²) in [4.78, 5) is 25.4. The van der Waals surface area contributed by atoms with Gasteiger partial charge in [0.2, 0.25) is 12.5 Å². The lowest BCUT2D eigenvalue weighted by Gasteiger charge is -2.25. The second kappa shape index (κ2) is 10.5. The van der Waals surface area contributed by atoms with E-state index in [1.165, 1.54) is 6.92 Å². The Bertz CT molecular complexity index is 2270. The summed E-state index contributed by atoms with van der Waals surface area (Å²) in [5.74, 6) is 0.154. The number of allylic oxidation sites excluding steroid dienone is 1. The molecule has 0 saturated heterocycles. The van der Waals surface area contributed by atoms with E-state index in [1.54, 1.807) is 21.5 Å². The first kappa shape index (κ1) is 27.4. The highest BCUT2D eigenvalue weighted by atomic mass is 16.7. The summed E-state index contributed by atoms with van der Waals surface area (Å²) in [5, 5.41) is 22.5. The van der Waals surface area contributed by atoms with E-state index in [0.717, 1.165) is 16.5 Å². The third kappa shape index (κ3) is 4.43. The van der Waals surface area contributed by atoms with Crippen LogP contribution in [0.1, 0.15) is 47.3 Å². The van der Waals surface area contributed by atoms with Gasteiger partial charge in [-0.1, -0.05) is 48.0 Å². The van der Waals surface area contributed by atoms with E-state index in [1.807, 2.05) is 79.7 Å². The van der Waals surface area contributed by atoms with Crippen molar-refractivity contribution in [1.82, 2.24) is 15.1 Å². The van der Waals surface area contributed by atoms with E-state index < -0.39 is 23.4 Å². The van der Waals surface area contributed by atoms with E-state index in [4.69, 9.17) is 18.7 Å². The van der Waals surface area contributed by atoms with Gasteiger partial charge in [0.1, 0.15) is 5.75 Å². The molecule has 2 aliphatic rings. The second-order valence-corrected chi connectivity index (χ2v) is 11.3. The third-order valence-corrected chi connectivity index (χ3v) is 8.38. The maximum atomic E-state index is 13.9. The minimum Gasteiger partial charge on any atom is -0.857 e. The molecule has 0 amide bonds. The standard InChI is InChI=1S/C35H26N4O7/c1-19-9-12-24(13-10-19)38-33(35(42)46-37-38)23-15-25(22-11-14-28-30(17-22)44-18-43-28)32-27(16-23)39(36-34(32)41)26-7-3-5-21-6-4-8-29(31(21)26)45-20(2)40/h3-14,16-17,25H,15,18H2,1-2H3,(H-,36,37,41,42). The van der Waals surface area contributed by atoms with Crippen molar-refractivity contribution in [3.8, 4) is 34.5 Å². The molecule has 2 aromatic heterocycles. The molecule has 11 nitrogen and oxygen atoms in total. The molecule has 0 fully saturated rings. The SMILES string of the molecule is CC(=O)Oc1cccc2cccc(-n3nc([O-])c4c3C=C(c3c(=O)o[nH][n+]3-c3ccc(C)cc3)CC4c3ccc4c(c3)OCO4)c12. The maximum absolute atomic E-state index is 13.9. The largest absolute Gasteiger partial charge is 0.857 e. The van der Waals surface area contributed by atoms with Gasteiger partial charge in [-0.05, 0) is 70.2 Å². The average Bonchev–Trinajstić information content (AvgIpc) is 3.77. The Morgan fingerprint density at radius 1 is 1.04 bits per heavy atom. The molecular weight excluding hydrogens is 588 g/mol. The van der Waals surface area contributed by atoms with Gasteiger partial charge in [0.05, 0.1) is 16.8 Å². The number of fused-ring (bicyclic) bond motifs is 3. The van der Waals surface area contributed by atoms with Gasteiger partial charge >= 0.3 is 17.3 Å². The van der Waals surface area contributed by atoms with E-state index in [2.05, 4.69) is 10.4 Å². The van der Waals surface area contributed by atoms with Crippen LogP contribution >= 0.6 is 0 Å². The van der Waals surface area contributed by atoms with E-state index >= 15 is 0 Å². The van der Waals surface area contributed by atoms with Crippen molar-refractivity contribution >= 4 is 28.4 Å². The smallest absolute Gasteiger partial charge is 0.435 e. The van der Waals surface area contributed by atoms with Crippen LogP contribution in [0.4, 0.5) is 0 Å². The molecule has 1 unspecified atom stereocenters. The molecule has 1 atom stereocenters. The monoisotopic (exact) mass is 614 g/mol. The molecule has 228 valence electrons. The van der Waals surface area contributed by atoms with Crippen LogP contribution in [0.5, 0.6) is 23.1 Å². The lowest BCUT2D eigenvalue weighted by atomic mass is 9.80. The van der Waals surface area contributed by atoms with Gasteiger partial charge in [0.25, 0.3) is 0 Å². The number of hydrogen-bond acceptors (Lipinski definition) is 8. The predicted octanol–water partition coefficient (Wildman–Crippen LogP) is 4.70. The molecule has 4 aromatic carbocycles. The number of ether oxygens (including phenoxy) is 3. The van der Waals surface area contributed by atoms with E-state index in [9.17, 15) is 14.7 Å². The summed E-state index contributed by atoms with van der Waals surface area (Å²) in [7, 11) is 0. The van der Waals surface area contributed by atoms with E-state index in [0.29, 0.717) is 63.0 Å². The zero-order chi connectivity index (χ0) is 31.5. The molecule has 0 radical (unpaired) electrons. The number of nitrogens with one attached hydrogen (secondary N) is 1. The lowest BCUT2D eigenvalue weighted by Crippen LogP contribution is -2.38. The van der Waals surface area contributed by atoms with Gasteiger partial charge < -0.3 is 19.3 Å². The molecule has 0 bridgehead atoms. The van der Waals surface area contributed by atoms with Crippen LogP contribution in [-0.2, 0) is 4.79 Å². The molecule has 0 spiro atoms. The number of carbonyl (C=O) groups is 1. The van der Waals surface area contributed by atoms with E-state index in [-0.39, 0.29) is 6.79 Å². The average molecular weight is 615 g/mol. The normalized spacial score (nSPS) is 15.1. The van der Waals surface area contributed by atoms with Crippen LogP contribution in [-0.4, -0.2) is 27.8 Å². The number of hydrogen-bond donors (Lipinski definition) is 1. The van der Waals surface area contributed by atoms with Crippen LogP contribution in [0.25, 0.3) is 33.8 Å². The predicted molar refractivity (Wildman–Crippen MR) is 164 cm³/mol. The van der Waals surface area contributed by atoms with Crippen LogP contribution in [0.3, 0.4) is 0 Å². The molecule has 3 heterocycles. The number of esters is 1. The molecule has 0 saturated carbocycles. The van der Waals surface area contributed by atoms with Crippen LogP contribution in [0.2, 0.25) is 0 Å². The summed E-state index contributed by atoms with van der Waals surface area (Å²) in [5.41, 5.74) is 4.44. The van der Waals surface area contributed by atoms with Crippen LogP contribution in [0, 0.1) is 6.92 Å². The van der Waals surface area contributed by atoms with Gasteiger partial charge in [-0.15, -0.1) is 0 Å². The Hall–Kier alpha value is -6.10. The highest BCUT2D eigenvalue weighted by Crippen LogP contribution is 2.47. The van der Waals surface area contributed by atoms with Crippen molar-refractivity contribution in [2.75, 3.05) is 6.79 Å². The molecule has 1 aliphatic carbocycles. The first-order valence-corrected chi connectivity index (χ1v) is 14.7. The van der Waals surface area contributed by atoms with Crippen molar-refractivity contribution in [1.29, 1.82) is 0 Å². The van der Waals surface area contributed by atoms with Crippen molar-refractivity contribution in [3.05, 3.63) is 117 Å². The number of carbonyl (C=O) groups excluding carboxylic acids is 1. The van der Waals surface area contributed by atoms with Crippen LogP contribution < -0.4 is 29.6 Å². The number of aryl methyl sites for hydroxylation is 1. The highest BCUT2D eigenvalue weighted by Gasteiger charge is 2.36. The zero-order valence-electron chi connectivity index (χ0n) is 24.8. The van der Waals surface area contributed by atoms with Crippen molar-refractivity contribution in [3.63, 3.8) is 0 Å². The summed E-state index contributed by atoms with van der Waals surface area (Å²) in [6.45, 7) is 3.43. The number of aromatic nitrogens is 4. The minimum absolute atomic E-state index is 0.108. The Morgan fingerprint density at radius 3 is 2.63 bits per heavy atom. The van der Waals surface area contributed by atoms with Crippen molar-refractivity contribution in [2.45, 2.75) is 26.2 Å². The number of H-pyrrole nitrogens is 1. The van der Waals surface area contributed by atoms with Gasteiger partial charge in [-0.25, -0.2) is 9.48 Å². The molecule has 8 rings (SSSR count). The van der Waals surface area contributed by atoms with Crippen LogP contribution in [0.15, 0.2) is 88.2 Å². The molecule has 6 aromatic rings. The van der Waals surface area contributed by atoms with Gasteiger partial charge in [-0.3, -0.25) is 9.32 Å².